The number of alkyl halides is 1. The van der Waals surface area contributed by atoms with Crippen LogP contribution < -0.4 is 27.2 Å². The maximum atomic E-state index is 13.0. The molecule has 0 saturated carbocycles. The molecule has 3 aromatic rings. The Morgan fingerprint density at radius 2 is 1.98 bits per heavy atom. The molecule has 4 rings (SSSR count). The van der Waals surface area contributed by atoms with Gasteiger partial charge in [0.2, 0.25) is 27.7 Å². The van der Waals surface area contributed by atoms with Crippen LogP contribution in [0.4, 0.5) is 0 Å². The maximum absolute atomic E-state index is 13.0. The van der Waals surface area contributed by atoms with E-state index in [0.717, 1.165) is 9.71 Å². The second-order valence-corrected chi connectivity index (χ2v) is 12.9. The Balaban J connectivity index is 1.58. The summed E-state index contributed by atoms with van der Waals surface area (Å²) in [6.07, 6.45) is -0.488. The maximum Gasteiger partial charge on any atom is 0.241 e. The zero-order valence-corrected chi connectivity index (χ0v) is 25.0. The van der Waals surface area contributed by atoms with Crippen LogP contribution in [0.2, 0.25) is 0 Å². The third kappa shape index (κ3) is 7.17. The number of thiazole rings is 1. The van der Waals surface area contributed by atoms with Crippen LogP contribution in [0.3, 0.4) is 0 Å². The molecule has 0 spiro atoms. The Morgan fingerprint density at radius 3 is 2.60 bits per heavy atom. The number of nitrogens with two attached hydrogens (primary N) is 3. The summed E-state index contributed by atoms with van der Waals surface area (Å²) in [5, 5.41) is 21.9. The fourth-order valence-corrected chi connectivity index (χ4v) is 6.87. The number of rotatable bonds is 10. The van der Waals surface area contributed by atoms with Crippen molar-refractivity contribution in [3.8, 4) is 16.9 Å². The number of amides is 3. The van der Waals surface area contributed by atoms with Crippen molar-refractivity contribution in [2.24, 2.45) is 16.6 Å². The summed E-state index contributed by atoms with van der Waals surface area (Å²) in [6.45, 7) is 1.87. The number of para-hydroxylation sites is 1. The summed E-state index contributed by atoms with van der Waals surface area (Å²) in [5.41, 5.74) is 13.0. The number of fused-ring (bicyclic) bond motifs is 1. The normalized spacial score (nSPS) is 18.9. The van der Waals surface area contributed by atoms with E-state index in [1.807, 2.05) is 18.2 Å². The van der Waals surface area contributed by atoms with E-state index in [0.29, 0.717) is 29.5 Å². The zero-order chi connectivity index (χ0) is 30.8. The lowest BCUT2D eigenvalue weighted by Gasteiger charge is -2.39. The summed E-state index contributed by atoms with van der Waals surface area (Å²) in [4.78, 5) is 43.3. The molecule has 4 unspecified atom stereocenters. The quantitative estimate of drug-likeness (QED) is 0.137. The zero-order valence-electron chi connectivity index (χ0n) is 22.6. The molecule has 0 radical (unpaired) electrons. The number of aromatic nitrogens is 1. The average Bonchev–Trinajstić information content (AvgIpc) is 3.35. The van der Waals surface area contributed by atoms with Crippen LogP contribution in [-0.2, 0) is 24.4 Å². The van der Waals surface area contributed by atoms with E-state index >= 15 is 0 Å². The molecule has 2 aromatic carbocycles. The van der Waals surface area contributed by atoms with Crippen molar-refractivity contribution in [1.82, 2.24) is 20.5 Å². The van der Waals surface area contributed by atoms with E-state index in [2.05, 4.69) is 10.6 Å². The third-order valence-electron chi connectivity index (χ3n) is 6.87. The topological polar surface area (TPSA) is 224 Å². The number of benzene rings is 2. The van der Waals surface area contributed by atoms with Gasteiger partial charge in [-0.1, -0.05) is 18.2 Å². The molecule has 3 amide bonds. The molecular weight excluding hydrogens is 606 g/mol. The number of nitrogens with zero attached hydrogens (tertiary/aromatic N) is 2. The number of nitrogens with one attached hydrogen (secondary N) is 2. The van der Waals surface area contributed by atoms with Crippen molar-refractivity contribution in [3.05, 3.63) is 41.4 Å². The predicted molar refractivity (Wildman–Crippen MR) is 159 cm³/mol. The minimum atomic E-state index is -4.09. The Morgan fingerprint density at radius 1 is 1.24 bits per heavy atom. The smallest absolute Gasteiger partial charge is 0.241 e. The van der Waals surface area contributed by atoms with Crippen LogP contribution in [-0.4, -0.2) is 71.9 Å². The molecule has 13 nitrogen and oxygen atoms in total. The lowest BCUT2D eigenvalue weighted by atomic mass is 9.96. The van der Waals surface area contributed by atoms with Gasteiger partial charge in [-0.25, -0.2) is 18.5 Å². The van der Waals surface area contributed by atoms with E-state index in [-0.39, 0.29) is 35.6 Å². The highest BCUT2D eigenvalue weighted by atomic mass is 35.5. The van der Waals surface area contributed by atoms with Gasteiger partial charge < -0.3 is 26.8 Å². The molecule has 0 bridgehead atoms. The first-order chi connectivity index (χ1) is 19.8. The second kappa shape index (κ2) is 12.9. The van der Waals surface area contributed by atoms with E-state index in [1.165, 1.54) is 28.4 Å². The van der Waals surface area contributed by atoms with Crippen LogP contribution >= 0.6 is 22.9 Å². The minimum Gasteiger partial charge on any atom is -0.507 e. The average molecular weight is 638 g/mol. The number of carbonyl (C=O) groups is 3. The van der Waals surface area contributed by atoms with Gasteiger partial charge in [0, 0.05) is 18.0 Å². The number of aromatic hydroxyl groups is 1. The van der Waals surface area contributed by atoms with Gasteiger partial charge in [0.25, 0.3) is 0 Å². The molecule has 1 aliphatic rings. The molecule has 1 saturated heterocycles. The molecule has 226 valence electrons. The standard InChI is InChI=1S/C26H32ClN7O6S2/c1-13(28)31-17(10-21(29)36)25(38)32-22-8-6-15(12-34(22)23(37)11-27)26-33-24-16(3-2-4-19(24)41-26)14-5-7-20(18(35)9-14)42(30,39)40/h2-5,7,9,13,15,17,22,31,35H,6,8,10-12,28H2,1H3,(H2,29,36)(H,32,38)(H2,30,39,40). The lowest BCUT2D eigenvalue weighted by molar-refractivity contribution is -0.137. The fraction of sp³-hybridized carbons (Fsp3) is 0.385. The minimum absolute atomic E-state index is 0.155. The molecule has 2 heterocycles. The lowest BCUT2D eigenvalue weighted by Crippen LogP contribution is -2.59. The van der Waals surface area contributed by atoms with Gasteiger partial charge in [-0.05, 0) is 43.5 Å². The van der Waals surface area contributed by atoms with E-state index in [4.69, 9.17) is 33.2 Å². The molecule has 4 atom stereocenters. The highest BCUT2D eigenvalue weighted by Gasteiger charge is 2.35. The van der Waals surface area contributed by atoms with Gasteiger partial charge in [0.15, 0.2) is 0 Å². The number of carbonyl (C=O) groups excluding carboxylic acids is 3. The molecule has 9 N–H and O–H groups in total. The van der Waals surface area contributed by atoms with Crippen LogP contribution in [0.5, 0.6) is 5.75 Å². The number of primary amides is 1. The Hall–Kier alpha value is -3.34. The summed E-state index contributed by atoms with van der Waals surface area (Å²) in [7, 11) is -4.09. The van der Waals surface area contributed by atoms with Crippen molar-refractivity contribution >= 4 is 60.9 Å². The highest BCUT2D eigenvalue weighted by molar-refractivity contribution is 7.89. The summed E-state index contributed by atoms with van der Waals surface area (Å²) >= 11 is 7.37. The van der Waals surface area contributed by atoms with Crippen molar-refractivity contribution in [1.29, 1.82) is 0 Å². The third-order valence-corrected chi connectivity index (χ3v) is 9.24. The van der Waals surface area contributed by atoms with Gasteiger partial charge in [0.05, 0.1) is 33.9 Å². The fourth-order valence-electron chi connectivity index (χ4n) is 4.98. The summed E-state index contributed by atoms with van der Waals surface area (Å²) in [6, 6.07) is 8.70. The van der Waals surface area contributed by atoms with Gasteiger partial charge in [0.1, 0.15) is 22.7 Å². The number of halogens is 1. The highest BCUT2D eigenvalue weighted by Crippen LogP contribution is 2.39. The van der Waals surface area contributed by atoms with Gasteiger partial charge in [-0.2, -0.15) is 0 Å². The summed E-state index contributed by atoms with van der Waals surface area (Å²) < 4.78 is 24.3. The van der Waals surface area contributed by atoms with Gasteiger partial charge in [-0.15, -0.1) is 22.9 Å². The first-order valence-corrected chi connectivity index (χ1v) is 15.9. The Bertz CT molecular complexity index is 1610. The van der Waals surface area contributed by atoms with E-state index in [1.54, 1.807) is 13.0 Å². The van der Waals surface area contributed by atoms with Crippen molar-refractivity contribution in [2.75, 3.05) is 12.4 Å². The summed E-state index contributed by atoms with van der Waals surface area (Å²) in [5.74, 6) is -2.46. The van der Waals surface area contributed by atoms with Crippen molar-refractivity contribution < 1.29 is 27.9 Å². The van der Waals surface area contributed by atoms with Crippen LogP contribution in [0.25, 0.3) is 21.3 Å². The number of primary sulfonamides is 1. The van der Waals surface area contributed by atoms with Crippen molar-refractivity contribution in [2.45, 2.75) is 55.4 Å². The van der Waals surface area contributed by atoms with Gasteiger partial charge in [-0.3, -0.25) is 19.7 Å². The predicted octanol–water partition coefficient (Wildman–Crippen LogP) is 0.842. The Labute approximate surface area is 251 Å². The number of hydrogen-bond acceptors (Lipinski definition) is 10. The van der Waals surface area contributed by atoms with Crippen LogP contribution in [0.1, 0.15) is 37.1 Å². The van der Waals surface area contributed by atoms with E-state index < -0.39 is 46.0 Å². The van der Waals surface area contributed by atoms with Crippen molar-refractivity contribution in [3.63, 3.8) is 0 Å². The molecule has 0 aliphatic carbocycles. The number of phenolic OH excluding ortho intramolecular Hbond substituents is 1. The number of piperidine rings is 1. The molecule has 16 heteroatoms. The Kier molecular flexibility index (Phi) is 9.70. The van der Waals surface area contributed by atoms with E-state index in [9.17, 15) is 27.9 Å². The number of likely N-dealkylation sites (tertiary alicyclic amines) is 1. The largest absolute Gasteiger partial charge is 0.507 e. The first kappa shape index (κ1) is 31.6. The van der Waals surface area contributed by atoms with Gasteiger partial charge >= 0.3 is 0 Å². The van der Waals surface area contributed by atoms with Crippen LogP contribution in [0.15, 0.2) is 41.3 Å². The molecule has 42 heavy (non-hydrogen) atoms. The molecular formula is C26H32ClN7O6S2. The molecule has 1 aromatic heterocycles. The number of sulfonamides is 1. The second-order valence-electron chi connectivity index (χ2n) is 10.1. The number of hydrogen-bond donors (Lipinski definition) is 6. The monoisotopic (exact) mass is 637 g/mol. The molecule has 1 aliphatic heterocycles. The number of phenols is 1. The first-order valence-electron chi connectivity index (χ1n) is 13.0. The SMILES string of the molecule is CC(N)NC(CC(N)=O)C(=O)NC1CCC(c2nc3c(-c4ccc(S(N)(=O)=O)c(O)c4)cccc3s2)CN1C(=O)CCl. The molecule has 1 fully saturated rings. The van der Waals surface area contributed by atoms with Crippen LogP contribution in [0, 0.1) is 0 Å².